The van der Waals surface area contributed by atoms with Crippen molar-refractivity contribution in [1.29, 1.82) is 0 Å². The molecule has 2 nitrogen and oxygen atoms in total. The number of anilines is 2. The highest BCUT2D eigenvalue weighted by atomic mass is 14.7. The van der Waals surface area contributed by atoms with Crippen molar-refractivity contribution in [2.24, 2.45) is 5.92 Å². The summed E-state index contributed by atoms with van der Waals surface area (Å²) in [6.45, 7) is 4.55. The molecule has 2 aliphatic rings. The Kier molecular flexibility index (Phi) is 6.30. The van der Waals surface area contributed by atoms with Gasteiger partial charge in [0, 0.05) is 11.4 Å². The summed E-state index contributed by atoms with van der Waals surface area (Å²) in [4.78, 5) is 0. The second-order valence-electron chi connectivity index (χ2n) is 8.43. The molecule has 0 atom stereocenters. The Balaban J connectivity index is 2.01. The van der Waals surface area contributed by atoms with Crippen LogP contribution in [0.4, 0.5) is 11.4 Å². The number of hydrogen-bond donors (Lipinski definition) is 2. The summed E-state index contributed by atoms with van der Waals surface area (Å²) < 4.78 is 0. The van der Waals surface area contributed by atoms with Crippen LogP contribution in [0, 0.1) is 5.92 Å². The van der Waals surface area contributed by atoms with Crippen LogP contribution < -0.4 is 11.5 Å². The summed E-state index contributed by atoms with van der Waals surface area (Å²) in [7, 11) is 0. The van der Waals surface area contributed by atoms with E-state index in [4.69, 9.17) is 11.5 Å². The monoisotopic (exact) mass is 342 g/mol. The first-order valence-electron chi connectivity index (χ1n) is 10.9. The van der Waals surface area contributed by atoms with E-state index in [-0.39, 0.29) is 0 Å². The Hall–Kier alpha value is -1.18. The smallest absolute Gasteiger partial charge is 0.0402 e. The molecule has 1 aromatic rings. The number of hydrogen-bond acceptors (Lipinski definition) is 2. The largest absolute Gasteiger partial charge is 0.398 e. The molecule has 3 rings (SSSR count). The van der Waals surface area contributed by atoms with Gasteiger partial charge in [-0.2, -0.15) is 0 Å². The van der Waals surface area contributed by atoms with Crippen molar-refractivity contribution in [3.8, 4) is 0 Å². The van der Waals surface area contributed by atoms with Crippen LogP contribution in [0.5, 0.6) is 0 Å². The molecule has 0 saturated heterocycles. The summed E-state index contributed by atoms with van der Waals surface area (Å²) in [6.07, 6.45) is 16.8. The SMILES string of the molecule is CCc1c(N)c(CC2CCCCC2)c(N)c(CC)c1C1CCCCC1. The van der Waals surface area contributed by atoms with Gasteiger partial charge >= 0.3 is 0 Å². The molecule has 0 heterocycles. The lowest BCUT2D eigenvalue weighted by Crippen LogP contribution is -2.18. The van der Waals surface area contributed by atoms with Gasteiger partial charge in [-0.3, -0.25) is 0 Å². The molecule has 0 radical (unpaired) electrons. The van der Waals surface area contributed by atoms with E-state index in [2.05, 4.69) is 13.8 Å². The molecule has 1 aromatic carbocycles. The van der Waals surface area contributed by atoms with Crippen LogP contribution in [-0.2, 0) is 19.3 Å². The molecule has 4 N–H and O–H groups in total. The van der Waals surface area contributed by atoms with E-state index >= 15 is 0 Å². The quantitative estimate of drug-likeness (QED) is 0.631. The highest BCUT2D eigenvalue weighted by Gasteiger charge is 2.27. The lowest BCUT2D eigenvalue weighted by molar-refractivity contribution is 0.357. The third-order valence-electron chi connectivity index (χ3n) is 6.89. The molecule has 2 heteroatoms. The molecule has 140 valence electrons. The number of nitrogen functional groups attached to an aromatic ring is 2. The maximum absolute atomic E-state index is 6.76. The fourth-order valence-electron chi connectivity index (χ4n) is 5.53. The zero-order valence-electron chi connectivity index (χ0n) is 16.5. The second kappa shape index (κ2) is 8.47. The van der Waals surface area contributed by atoms with Gasteiger partial charge in [-0.25, -0.2) is 0 Å². The Bertz CT molecular complexity index is 547. The van der Waals surface area contributed by atoms with E-state index in [0.717, 1.165) is 36.6 Å². The Labute approximate surface area is 154 Å². The van der Waals surface area contributed by atoms with E-state index in [9.17, 15) is 0 Å². The maximum Gasteiger partial charge on any atom is 0.0402 e. The predicted octanol–water partition coefficient (Wildman–Crippen LogP) is 6.15. The van der Waals surface area contributed by atoms with Gasteiger partial charge < -0.3 is 11.5 Å². The van der Waals surface area contributed by atoms with Crippen molar-refractivity contribution in [3.05, 3.63) is 22.3 Å². The first-order valence-corrected chi connectivity index (χ1v) is 10.9. The minimum Gasteiger partial charge on any atom is -0.398 e. The van der Waals surface area contributed by atoms with E-state index < -0.39 is 0 Å². The third-order valence-corrected chi connectivity index (χ3v) is 6.89. The van der Waals surface area contributed by atoms with Gasteiger partial charge in [-0.15, -0.1) is 0 Å². The van der Waals surface area contributed by atoms with E-state index in [0.29, 0.717) is 5.92 Å². The van der Waals surface area contributed by atoms with Gasteiger partial charge in [0.15, 0.2) is 0 Å². The van der Waals surface area contributed by atoms with Crippen LogP contribution in [0.3, 0.4) is 0 Å². The van der Waals surface area contributed by atoms with Gasteiger partial charge in [0.1, 0.15) is 0 Å². The van der Waals surface area contributed by atoms with Crippen molar-refractivity contribution < 1.29 is 0 Å². The van der Waals surface area contributed by atoms with Crippen LogP contribution in [-0.4, -0.2) is 0 Å². The van der Waals surface area contributed by atoms with Gasteiger partial charge in [0.2, 0.25) is 0 Å². The zero-order chi connectivity index (χ0) is 17.8. The average molecular weight is 343 g/mol. The highest BCUT2D eigenvalue weighted by molar-refractivity contribution is 5.73. The fraction of sp³-hybridized carbons (Fsp3) is 0.739. The molecular formula is C23H38N2. The molecule has 2 saturated carbocycles. The van der Waals surface area contributed by atoms with Gasteiger partial charge in [-0.1, -0.05) is 65.2 Å². The normalized spacial score (nSPS) is 20.1. The zero-order valence-corrected chi connectivity index (χ0v) is 16.5. The van der Waals surface area contributed by atoms with Crippen LogP contribution in [0.2, 0.25) is 0 Å². The number of benzene rings is 1. The van der Waals surface area contributed by atoms with E-state index in [1.807, 2.05) is 0 Å². The molecule has 0 amide bonds. The van der Waals surface area contributed by atoms with Crippen molar-refractivity contribution in [3.63, 3.8) is 0 Å². The molecular weight excluding hydrogens is 304 g/mol. The molecule has 2 fully saturated rings. The predicted molar refractivity (Wildman–Crippen MR) is 110 cm³/mol. The minimum absolute atomic E-state index is 0.687. The summed E-state index contributed by atoms with van der Waals surface area (Å²) in [5.41, 5.74) is 21.3. The van der Waals surface area contributed by atoms with Gasteiger partial charge in [-0.05, 0) is 66.2 Å². The summed E-state index contributed by atoms with van der Waals surface area (Å²) in [6, 6.07) is 0. The third kappa shape index (κ3) is 3.83. The summed E-state index contributed by atoms with van der Waals surface area (Å²) in [5.74, 6) is 1.47. The van der Waals surface area contributed by atoms with Crippen LogP contribution in [0.25, 0.3) is 0 Å². The van der Waals surface area contributed by atoms with Gasteiger partial charge in [0.25, 0.3) is 0 Å². The standard InChI is InChI=1S/C23H38N2/c1-3-18-21(17-13-9-6-10-14-17)19(4-2)23(25)20(22(18)24)15-16-11-7-5-8-12-16/h16-17H,3-15,24-25H2,1-2H3. The Morgan fingerprint density at radius 2 is 1.16 bits per heavy atom. The average Bonchev–Trinajstić information content (AvgIpc) is 2.66. The fourth-order valence-corrected chi connectivity index (χ4v) is 5.53. The number of rotatable bonds is 5. The highest BCUT2D eigenvalue weighted by Crippen LogP contribution is 2.44. The summed E-state index contributed by atoms with van der Waals surface area (Å²) in [5, 5.41) is 0. The lowest BCUT2D eigenvalue weighted by Gasteiger charge is -2.31. The van der Waals surface area contributed by atoms with E-state index in [1.165, 1.54) is 80.9 Å². The van der Waals surface area contributed by atoms with E-state index in [1.54, 1.807) is 5.56 Å². The second-order valence-corrected chi connectivity index (χ2v) is 8.43. The minimum atomic E-state index is 0.687. The topological polar surface area (TPSA) is 52.0 Å². The Morgan fingerprint density at radius 3 is 1.64 bits per heavy atom. The molecule has 0 bridgehead atoms. The number of nitrogens with two attached hydrogens (primary N) is 2. The van der Waals surface area contributed by atoms with Crippen molar-refractivity contribution in [2.75, 3.05) is 11.5 Å². The van der Waals surface area contributed by atoms with Crippen LogP contribution in [0.15, 0.2) is 0 Å². The molecule has 25 heavy (non-hydrogen) atoms. The molecule has 2 aliphatic carbocycles. The summed E-state index contributed by atoms with van der Waals surface area (Å²) >= 11 is 0. The van der Waals surface area contributed by atoms with Crippen LogP contribution >= 0.6 is 0 Å². The first kappa shape index (κ1) is 18.6. The van der Waals surface area contributed by atoms with Crippen molar-refractivity contribution >= 4 is 11.4 Å². The first-order chi connectivity index (χ1) is 12.2. The van der Waals surface area contributed by atoms with Crippen molar-refractivity contribution in [1.82, 2.24) is 0 Å². The van der Waals surface area contributed by atoms with Gasteiger partial charge in [0.05, 0.1) is 0 Å². The molecule has 0 aliphatic heterocycles. The lowest BCUT2D eigenvalue weighted by atomic mass is 9.75. The molecule has 0 spiro atoms. The van der Waals surface area contributed by atoms with Crippen molar-refractivity contribution in [2.45, 2.75) is 103 Å². The Morgan fingerprint density at radius 1 is 0.680 bits per heavy atom. The molecule has 0 unspecified atom stereocenters. The van der Waals surface area contributed by atoms with Crippen LogP contribution in [0.1, 0.15) is 106 Å². The molecule has 0 aromatic heterocycles. The maximum atomic E-state index is 6.76.